The molecule has 1 heterocycles. The molecule has 0 spiro atoms. The zero-order chi connectivity index (χ0) is 23.6. The van der Waals surface area contributed by atoms with Gasteiger partial charge < -0.3 is 20.1 Å². The van der Waals surface area contributed by atoms with Gasteiger partial charge in [-0.2, -0.15) is 0 Å². The lowest BCUT2D eigenvalue weighted by Crippen LogP contribution is -2.44. The fourth-order valence-corrected chi connectivity index (χ4v) is 4.23. The number of fused-ring (bicyclic) bond motifs is 1. The Morgan fingerprint density at radius 3 is 2.42 bits per heavy atom. The molecule has 0 aliphatic carbocycles. The highest BCUT2D eigenvalue weighted by Crippen LogP contribution is 2.15. The summed E-state index contributed by atoms with van der Waals surface area (Å²) in [6.45, 7) is 11.4. The van der Waals surface area contributed by atoms with Crippen LogP contribution >= 0.6 is 12.2 Å². The first kappa shape index (κ1) is 24.9. The summed E-state index contributed by atoms with van der Waals surface area (Å²) in [5.74, 6) is 0. The van der Waals surface area contributed by atoms with Crippen molar-refractivity contribution in [2.45, 2.75) is 40.2 Å². The normalized spacial score (nSPS) is 11.2. The minimum atomic E-state index is -0.0494. The number of benzene rings is 2. The molecule has 0 fully saturated rings. The molecule has 2 aromatic carbocycles. The van der Waals surface area contributed by atoms with Crippen molar-refractivity contribution in [2.24, 2.45) is 0 Å². The van der Waals surface area contributed by atoms with Crippen LogP contribution in [-0.2, 0) is 19.4 Å². The molecule has 3 aromatic rings. The van der Waals surface area contributed by atoms with Gasteiger partial charge in [0.25, 0.3) is 5.56 Å². The fraction of sp³-hybridized carbons (Fsp3) is 0.407. The first-order valence-electron chi connectivity index (χ1n) is 12.0. The number of aromatic amines is 1. The van der Waals surface area contributed by atoms with Crippen LogP contribution in [0, 0.1) is 0 Å². The standard InChI is InChI=1S/C27H36N4OS/c1-4-21-12-13-25-23(18-21)19-24(26(32)29-25)20-31(17-16-30(5-2)6-3)27(33)28-15-14-22-10-8-7-9-11-22/h7-13,18-19H,4-6,14-17,20H2,1-3H3,(H,28,33)(H,29,32). The molecule has 1 aromatic heterocycles. The minimum absolute atomic E-state index is 0.0494. The highest BCUT2D eigenvalue weighted by Gasteiger charge is 2.14. The van der Waals surface area contributed by atoms with E-state index in [-0.39, 0.29) is 5.56 Å². The molecule has 0 atom stereocenters. The van der Waals surface area contributed by atoms with Gasteiger partial charge >= 0.3 is 0 Å². The van der Waals surface area contributed by atoms with Crippen LogP contribution in [0.15, 0.2) is 59.4 Å². The monoisotopic (exact) mass is 464 g/mol. The van der Waals surface area contributed by atoms with Crippen LogP contribution in [0.4, 0.5) is 0 Å². The van der Waals surface area contributed by atoms with E-state index in [9.17, 15) is 4.79 Å². The lowest BCUT2D eigenvalue weighted by atomic mass is 10.1. The van der Waals surface area contributed by atoms with Crippen molar-refractivity contribution in [1.82, 2.24) is 20.1 Å². The molecule has 0 saturated carbocycles. The van der Waals surface area contributed by atoms with E-state index in [1.807, 2.05) is 18.2 Å². The summed E-state index contributed by atoms with van der Waals surface area (Å²) in [6, 6.07) is 18.6. The lowest BCUT2D eigenvalue weighted by molar-refractivity contribution is 0.263. The second-order valence-corrected chi connectivity index (χ2v) is 8.70. The number of hydrogen-bond donors (Lipinski definition) is 2. The molecule has 176 valence electrons. The number of hydrogen-bond acceptors (Lipinski definition) is 3. The van der Waals surface area contributed by atoms with Gasteiger partial charge in [0.15, 0.2) is 5.11 Å². The smallest absolute Gasteiger partial charge is 0.253 e. The van der Waals surface area contributed by atoms with Gasteiger partial charge in [0, 0.05) is 30.7 Å². The summed E-state index contributed by atoms with van der Waals surface area (Å²) >= 11 is 5.78. The molecular weight excluding hydrogens is 428 g/mol. The summed E-state index contributed by atoms with van der Waals surface area (Å²) in [5.41, 5.74) is 4.10. The Kier molecular flexibility index (Phi) is 9.46. The van der Waals surface area contributed by atoms with Crippen molar-refractivity contribution < 1.29 is 0 Å². The molecule has 0 bridgehead atoms. The van der Waals surface area contributed by atoms with Crippen molar-refractivity contribution in [3.8, 4) is 0 Å². The summed E-state index contributed by atoms with van der Waals surface area (Å²) in [5, 5.41) is 5.17. The third-order valence-electron chi connectivity index (χ3n) is 6.16. The van der Waals surface area contributed by atoms with E-state index in [1.54, 1.807) is 0 Å². The van der Waals surface area contributed by atoms with Gasteiger partial charge in [-0.1, -0.05) is 57.2 Å². The Hall–Kier alpha value is -2.70. The van der Waals surface area contributed by atoms with Crippen LogP contribution in [0.3, 0.4) is 0 Å². The first-order chi connectivity index (χ1) is 16.0. The summed E-state index contributed by atoms with van der Waals surface area (Å²) in [6.07, 6.45) is 1.87. The minimum Gasteiger partial charge on any atom is -0.362 e. The molecule has 0 saturated heterocycles. The maximum Gasteiger partial charge on any atom is 0.253 e. The number of nitrogens with one attached hydrogen (secondary N) is 2. The first-order valence-corrected chi connectivity index (χ1v) is 12.4. The Labute approximate surface area is 202 Å². The highest BCUT2D eigenvalue weighted by atomic mass is 32.1. The van der Waals surface area contributed by atoms with Gasteiger partial charge in [-0.3, -0.25) is 4.79 Å². The van der Waals surface area contributed by atoms with Crippen LogP contribution in [-0.4, -0.2) is 52.6 Å². The number of aromatic nitrogens is 1. The van der Waals surface area contributed by atoms with Crippen LogP contribution in [0.2, 0.25) is 0 Å². The van der Waals surface area contributed by atoms with Crippen LogP contribution in [0.25, 0.3) is 10.9 Å². The zero-order valence-electron chi connectivity index (χ0n) is 20.1. The van der Waals surface area contributed by atoms with E-state index < -0.39 is 0 Å². The van der Waals surface area contributed by atoms with E-state index >= 15 is 0 Å². The van der Waals surface area contributed by atoms with Gasteiger partial charge in [-0.05, 0) is 72.9 Å². The van der Waals surface area contributed by atoms with Crippen molar-refractivity contribution in [3.05, 3.63) is 81.6 Å². The third kappa shape index (κ3) is 7.14. The molecular formula is C27H36N4OS. The molecule has 0 aliphatic heterocycles. The van der Waals surface area contributed by atoms with Gasteiger partial charge in [-0.25, -0.2) is 0 Å². The van der Waals surface area contributed by atoms with Crippen molar-refractivity contribution in [3.63, 3.8) is 0 Å². The predicted molar refractivity (Wildman–Crippen MR) is 143 cm³/mol. The fourth-order valence-electron chi connectivity index (χ4n) is 3.97. The molecule has 33 heavy (non-hydrogen) atoms. The van der Waals surface area contributed by atoms with Crippen LogP contribution < -0.4 is 10.9 Å². The molecule has 6 heteroatoms. The van der Waals surface area contributed by atoms with Crippen molar-refractivity contribution in [2.75, 3.05) is 32.7 Å². The molecule has 0 aliphatic rings. The second kappa shape index (κ2) is 12.5. The molecule has 2 N–H and O–H groups in total. The maximum absolute atomic E-state index is 12.8. The highest BCUT2D eigenvalue weighted by molar-refractivity contribution is 7.80. The topological polar surface area (TPSA) is 51.4 Å². The molecule has 0 unspecified atom stereocenters. The SMILES string of the molecule is CCc1ccc2[nH]c(=O)c(CN(CCN(CC)CC)C(=S)NCCc3ccccc3)cc2c1. The predicted octanol–water partition coefficient (Wildman–Crippen LogP) is 4.35. The maximum atomic E-state index is 12.8. The molecule has 5 nitrogen and oxygen atoms in total. The Morgan fingerprint density at radius 1 is 0.970 bits per heavy atom. The number of rotatable bonds is 11. The average molecular weight is 465 g/mol. The number of nitrogens with zero attached hydrogens (tertiary/aromatic N) is 2. The quantitative estimate of drug-likeness (QED) is 0.413. The molecule has 0 radical (unpaired) electrons. The second-order valence-electron chi connectivity index (χ2n) is 8.31. The molecule has 0 amide bonds. The summed E-state index contributed by atoms with van der Waals surface area (Å²) < 4.78 is 0. The lowest BCUT2D eigenvalue weighted by Gasteiger charge is -2.29. The zero-order valence-corrected chi connectivity index (χ0v) is 20.9. The number of aryl methyl sites for hydroxylation is 1. The number of H-pyrrole nitrogens is 1. The number of likely N-dealkylation sites (N-methyl/N-ethyl adjacent to an activating group) is 1. The Morgan fingerprint density at radius 2 is 1.73 bits per heavy atom. The third-order valence-corrected chi connectivity index (χ3v) is 6.56. The van der Waals surface area contributed by atoms with Gasteiger partial charge in [0.05, 0.1) is 6.54 Å². The number of thiocarbonyl (C=S) groups is 1. The van der Waals surface area contributed by atoms with Gasteiger partial charge in [0.1, 0.15) is 0 Å². The average Bonchev–Trinajstić information content (AvgIpc) is 2.84. The van der Waals surface area contributed by atoms with E-state index in [0.29, 0.717) is 11.7 Å². The summed E-state index contributed by atoms with van der Waals surface area (Å²) in [4.78, 5) is 20.4. The van der Waals surface area contributed by atoms with Gasteiger partial charge in [-0.15, -0.1) is 0 Å². The van der Waals surface area contributed by atoms with E-state index in [1.165, 1.54) is 11.1 Å². The largest absolute Gasteiger partial charge is 0.362 e. The van der Waals surface area contributed by atoms with E-state index in [0.717, 1.165) is 62.0 Å². The van der Waals surface area contributed by atoms with Gasteiger partial charge in [0.2, 0.25) is 0 Å². The Balaban J connectivity index is 1.75. The van der Waals surface area contributed by atoms with E-state index in [2.05, 4.69) is 77.3 Å². The van der Waals surface area contributed by atoms with Crippen molar-refractivity contribution in [1.29, 1.82) is 0 Å². The van der Waals surface area contributed by atoms with Crippen molar-refractivity contribution >= 4 is 28.2 Å². The number of pyridine rings is 1. The molecule has 3 rings (SSSR count). The summed E-state index contributed by atoms with van der Waals surface area (Å²) in [7, 11) is 0. The van der Waals surface area contributed by atoms with Crippen LogP contribution in [0.5, 0.6) is 0 Å². The van der Waals surface area contributed by atoms with E-state index in [4.69, 9.17) is 12.2 Å². The van der Waals surface area contributed by atoms with Crippen LogP contribution in [0.1, 0.15) is 37.5 Å². The Bertz CT molecular complexity index is 1090.